The Kier molecular flexibility index (Phi) is 5.34. The van der Waals surface area contributed by atoms with Crippen LogP contribution in [0.5, 0.6) is 0 Å². The van der Waals surface area contributed by atoms with Crippen molar-refractivity contribution in [3.8, 4) is 0 Å². The summed E-state index contributed by atoms with van der Waals surface area (Å²) in [7, 11) is 1.54. The second-order valence-corrected chi connectivity index (χ2v) is 13.3. The second-order valence-electron chi connectivity index (χ2n) is 13.3. The molecular weight excluding hydrogens is 442 g/mol. The van der Waals surface area contributed by atoms with Crippen molar-refractivity contribution in [2.45, 2.75) is 84.8 Å². The highest BCUT2D eigenvalue weighted by atomic mass is 16.7. The highest BCUT2D eigenvalue weighted by molar-refractivity contribution is 5.89. The van der Waals surface area contributed by atoms with Gasteiger partial charge in [-0.3, -0.25) is 4.79 Å². The highest BCUT2D eigenvalue weighted by Gasteiger charge is 2.73. The molecule has 0 aromatic rings. The van der Waals surface area contributed by atoms with Crippen LogP contribution in [0.4, 0.5) is 0 Å². The standard InChI is InChI=1S/C29H43NO5/c1-17(2)19-16-28-11-8-21-26(3,9-6-10-27(21,4)25(31)33-5)22(28)15-18(19)23-24(28)20(30-32)7-12-29(23)34-13-14-35-29/h16-18,21-24,32H,6-15H2,1-5H3/b30-20+/t18-,21+,22+,23+,24+,26-,27+,28-/m0/s1. The summed E-state index contributed by atoms with van der Waals surface area (Å²) < 4.78 is 18.3. The van der Waals surface area contributed by atoms with Crippen molar-refractivity contribution >= 4 is 11.7 Å². The third-order valence-electron chi connectivity index (χ3n) is 11.8. The molecule has 35 heavy (non-hydrogen) atoms. The van der Waals surface area contributed by atoms with Gasteiger partial charge in [-0.05, 0) is 74.5 Å². The molecule has 7 rings (SSSR count). The predicted octanol–water partition coefficient (Wildman–Crippen LogP) is 5.58. The summed E-state index contributed by atoms with van der Waals surface area (Å²) in [5.41, 5.74) is 2.03. The average Bonchev–Trinajstić information content (AvgIpc) is 3.32. The Morgan fingerprint density at radius 1 is 1.14 bits per heavy atom. The molecule has 2 spiro atoms. The number of esters is 1. The molecule has 194 valence electrons. The van der Waals surface area contributed by atoms with E-state index in [1.165, 1.54) is 0 Å². The minimum Gasteiger partial charge on any atom is -0.469 e. The van der Waals surface area contributed by atoms with E-state index in [0.29, 0.717) is 36.9 Å². The van der Waals surface area contributed by atoms with Crippen molar-refractivity contribution in [1.82, 2.24) is 0 Å². The first-order chi connectivity index (χ1) is 16.7. The zero-order valence-corrected chi connectivity index (χ0v) is 22.1. The van der Waals surface area contributed by atoms with E-state index in [0.717, 1.165) is 57.1 Å². The molecule has 1 saturated heterocycles. The Morgan fingerprint density at radius 2 is 1.89 bits per heavy atom. The van der Waals surface area contributed by atoms with Gasteiger partial charge in [-0.2, -0.15) is 0 Å². The van der Waals surface area contributed by atoms with Crippen molar-refractivity contribution in [3.05, 3.63) is 11.6 Å². The summed E-state index contributed by atoms with van der Waals surface area (Å²) >= 11 is 0. The number of carbonyl (C=O) groups is 1. The SMILES string of the molecule is COC(=O)[C@]1(C)CCC[C@]2(C)[C@H]3C[C@H]4C(C(C)C)=C[C@]3(CC[C@H]21)[C@@H]1/C(=N/O)CCC2(OCCO2)[C@@H]14. The summed E-state index contributed by atoms with van der Waals surface area (Å²) in [4.78, 5) is 13.1. The summed E-state index contributed by atoms with van der Waals surface area (Å²) in [5, 5.41) is 14.2. The summed E-state index contributed by atoms with van der Waals surface area (Å²) in [5.74, 6) is 1.31. The molecule has 0 amide bonds. The molecule has 7 aliphatic rings. The van der Waals surface area contributed by atoms with E-state index < -0.39 is 11.2 Å². The van der Waals surface area contributed by atoms with Crippen molar-refractivity contribution in [1.29, 1.82) is 0 Å². The van der Waals surface area contributed by atoms with Crippen molar-refractivity contribution < 1.29 is 24.2 Å². The Bertz CT molecular complexity index is 966. The number of carbonyl (C=O) groups excluding carboxylic acids is 1. The number of allylic oxidation sites excluding steroid dienone is 2. The number of fused-ring (bicyclic) bond motifs is 1. The van der Waals surface area contributed by atoms with Gasteiger partial charge < -0.3 is 19.4 Å². The molecule has 0 radical (unpaired) electrons. The minimum absolute atomic E-state index is 0.0383. The van der Waals surface area contributed by atoms with Crippen LogP contribution in [-0.2, 0) is 19.0 Å². The fourth-order valence-electron chi connectivity index (χ4n) is 10.7. The van der Waals surface area contributed by atoms with E-state index in [4.69, 9.17) is 14.2 Å². The molecule has 6 aliphatic carbocycles. The zero-order chi connectivity index (χ0) is 24.8. The molecule has 0 unspecified atom stereocenters. The second kappa shape index (κ2) is 7.80. The van der Waals surface area contributed by atoms with Crippen molar-refractivity contribution in [3.63, 3.8) is 0 Å². The van der Waals surface area contributed by atoms with Crippen molar-refractivity contribution in [2.24, 2.45) is 56.9 Å². The van der Waals surface area contributed by atoms with Crippen LogP contribution >= 0.6 is 0 Å². The Morgan fingerprint density at radius 3 is 2.54 bits per heavy atom. The van der Waals surface area contributed by atoms with Crippen LogP contribution < -0.4 is 0 Å². The first-order valence-corrected chi connectivity index (χ1v) is 14.0. The average molecular weight is 486 g/mol. The highest BCUT2D eigenvalue weighted by Crippen LogP contribution is 2.75. The monoisotopic (exact) mass is 485 g/mol. The maximum Gasteiger partial charge on any atom is 0.311 e. The maximum atomic E-state index is 13.1. The first kappa shape index (κ1) is 24.0. The van der Waals surface area contributed by atoms with E-state index in [1.54, 1.807) is 12.7 Å². The van der Waals surface area contributed by atoms with E-state index in [1.807, 2.05) is 0 Å². The molecule has 8 atom stereocenters. The normalized spacial score (nSPS) is 48.9. The van der Waals surface area contributed by atoms with Gasteiger partial charge in [0, 0.05) is 23.7 Å². The molecule has 1 N–H and O–H groups in total. The van der Waals surface area contributed by atoms with E-state index in [2.05, 4.69) is 38.9 Å². The van der Waals surface area contributed by atoms with Gasteiger partial charge in [-0.1, -0.05) is 44.0 Å². The van der Waals surface area contributed by atoms with Gasteiger partial charge in [0.1, 0.15) is 0 Å². The molecular formula is C29H43NO5. The van der Waals surface area contributed by atoms with Gasteiger partial charge in [0.25, 0.3) is 0 Å². The zero-order valence-electron chi connectivity index (χ0n) is 22.1. The van der Waals surface area contributed by atoms with Crippen LogP contribution in [0.25, 0.3) is 0 Å². The van der Waals surface area contributed by atoms with Crippen LogP contribution in [0.15, 0.2) is 16.8 Å². The van der Waals surface area contributed by atoms with Crippen LogP contribution in [0.1, 0.15) is 79.1 Å². The van der Waals surface area contributed by atoms with Crippen LogP contribution in [-0.4, -0.2) is 43.0 Å². The van der Waals surface area contributed by atoms with Gasteiger partial charge >= 0.3 is 5.97 Å². The number of hydrogen-bond acceptors (Lipinski definition) is 6. The fraction of sp³-hybridized carbons (Fsp3) is 0.862. The number of ether oxygens (including phenoxy) is 3. The number of hydrogen-bond donors (Lipinski definition) is 1. The van der Waals surface area contributed by atoms with Crippen LogP contribution in [0, 0.1) is 51.8 Å². The summed E-state index contributed by atoms with van der Waals surface area (Å²) in [6, 6.07) is 0. The third kappa shape index (κ3) is 2.90. The van der Waals surface area contributed by atoms with Gasteiger partial charge in [-0.15, -0.1) is 0 Å². The smallest absolute Gasteiger partial charge is 0.311 e. The molecule has 2 bridgehead atoms. The maximum absolute atomic E-state index is 13.1. The fourth-order valence-corrected chi connectivity index (χ4v) is 10.7. The topological polar surface area (TPSA) is 77.4 Å². The summed E-state index contributed by atoms with van der Waals surface area (Å²) in [6.45, 7) is 10.6. The van der Waals surface area contributed by atoms with Crippen molar-refractivity contribution in [2.75, 3.05) is 20.3 Å². The number of methoxy groups -OCH3 is 1. The van der Waals surface area contributed by atoms with Gasteiger partial charge in [0.2, 0.25) is 0 Å². The summed E-state index contributed by atoms with van der Waals surface area (Å²) in [6.07, 6.45) is 10.4. The molecule has 4 saturated carbocycles. The number of rotatable bonds is 2. The molecule has 1 heterocycles. The lowest BCUT2D eigenvalue weighted by molar-refractivity contribution is -0.265. The molecule has 0 aromatic heterocycles. The minimum atomic E-state index is -0.555. The van der Waals surface area contributed by atoms with E-state index in [-0.39, 0.29) is 28.6 Å². The van der Waals surface area contributed by atoms with E-state index in [9.17, 15) is 10.0 Å². The molecule has 1 aliphatic heterocycles. The lowest BCUT2D eigenvalue weighted by atomic mass is 9.33. The van der Waals surface area contributed by atoms with Gasteiger partial charge in [0.15, 0.2) is 5.79 Å². The van der Waals surface area contributed by atoms with E-state index >= 15 is 0 Å². The Hall–Kier alpha value is -1.40. The largest absolute Gasteiger partial charge is 0.469 e. The number of oxime groups is 1. The van der Waals surface area contributed by atoms with Gasteiger partial charge in [0.05, 0.1) is 31.5 Å². The first-order valence-electron chi connectivity index (χ1n) is 14.0. The quantitative estimate of drug-likeness (QED) is 0.239. The van der Waals surface area contributed by atoms with Crippen LogP contribution in [0.2, 0.25) is 0 Å². The molecule has 5 fully saturated rings. The predicted molar refractivity (Wildman–Crippen MR) is 132 cm³/mol. The Labute approximate surface area is 209 Å². The Balaban J connectivity index is 1.51. The number of nitrogens with zero attached hydrogens (tertiary/aromatic N) is 1. The lowest BCUT2D eigenvalue weighted by Gasteiger charge is -2.72. The third-order valence-corrected chi connectivity index (χ3v) is 11.8. The van der Waals surface area contributed by atoms with Gasteiger partial charge in [-0.25, -0.2) is 0 Å². The molecule has 6 nitrogen and oxygen atoms in total. The molecule has 6 heteroatoms. The lowest BCUT2D eigenvalue weighted by Crippen LogP contribution is -2.70. The van der Waals surface area contributed by atoms with Crippen LogP contribution in [0.3, 0.4) is 0 Å². The molecule has 0 aromatic carbocycles.